The Morgan fingerprint density at radius 3 is 2.47 bits per heavy atom. The third-order valence-corrected chi connectivity index (χ3v) is 2.16. The molecule has 0 atom stereocenters. The number of rotatable bonds is 3. The molecule has 0 bridgehead atoms. The van der Waals surface area contributed by atoms with E-state index in [1.807, 2.05) is 25.7 Å². The van der Waals surface area contributed by atoms with Gasteiger partial charge in [-0.05, 0) is 20.8 Å². The van der Waals surface area contributed by atoms with E-state index in [0.29, 0.717) is 25.5 Å². The zero-order valence-electron chi connectivity index (χ0n) is 9.75. The summed E-state index contributed by atoms with van der Waals surface area (Å²) in [7, 11) is 0. The lowest BCUT2D eigenvalue weighted by Gasteiger charge is -2.30. The fraction of sp³-hybridized carbons (Fsp3) is 0.818. The van der Waals surface area contributed by atoms with E-state index in [0.717, 1.165) is 13.1 Å². The van der Waals surface area contributed by atoms with Gasteiger partial charge in [-0.2, -0.15) is 0 Å². The van der Waals surface area contributed by atoms with Gasteiger partial charge in [-0.3, -0.25) is 0 Å². The van der Waals surface area contributed by atoms with Crippen LogP contribution in [0.3, 0.4) is 0 Å². The van der Waals surface area contributed by atoms with Gasteiger partial charge in [0.1, 0.15) is 5.70 Å². The summed E-state index contributed by atoms with van der Waals surface area (Å²) < 4.78 is 10.8. The van der Waals surface area contributed by atoms with Crippen LogP contribution in [0.2, 0.25) is 0 Å². The molecule has 1 heterocycles. The lowest BCUT2D eigenvalue weighted by atomic mass is 10.2. The quantitative estimate of drug-likeness (QED) is 0.638. The van der Waals surface area contributed by atoms with Crippen molar-refractivity contribution in [2.24, 2.45) is 0 Å². The first kappa shape index (κ1) is 12.2. The molecular formula is C11H19N2O2. The van der Waals surface area contributed by atoms with Gasteiger partial charge in [-0.1, -0.05) is 5.41 Å². The first-order valence-electron chi connectivity index (χ1n) is 5.25. The maximum Gasteiger partial charge on any atom is 0.104 e. The molecule has 0 aromatic rings. The van der Waals surface area contributed by atoms with Crippen LogP contribution in [0.1, 0.15) is 20.8 Å². The minimum atomic E-state index is -0.200. The number of ether oxygens (including phenoxy) is 2. The maximum atomic E-state index is 9.03. The van der Waals surface area contributed by atoms with Gasteiger partial charge in [0.2, 0.25) is 0 Å². The Hall–Kier alpha value is -0.830. The van der Waals surface area contributed by atoms with Crippen LogP contribution >= 0.6 is 0 Å². The van der Waals surface area contributed by atoms with Crippen molar-refractivity contribution in [1.82, 2.24) is 10.3 Å². The number of nitrogens with zero attached hydrogens (tertiary/aromatic N) is 2. The van der Waals surface area contributed by atoms with Crippen molar-refractivity contribution in [3.63, 3.8) is 0 Å². The van der Waals surface area contributed by atoms with E-state index in [9.17, 15) is 0 Å². The first-order chi connectivity index (χ1) is 7.03. The lowest BCUT2D eigenvalue weighted by molar-refractivity contribution is -0.00752. The molecule has 1 radical (unpaired) electrons. The van der Waals surface area contributed by atoms with Crippen molar-refractivity contribution in [1.29, 1.82) is 0 Å². The molecule has 0 spiro atoms. The summed E-state index contributed by atoms with van der Waals surface area (Å²) in [6, 6.07) is 0. The van der Waals surface area contributed by atoms with Crippen LogP contribution in [0.5, 0.6) is 0 Å². The Kier molecular flexibility index (Phi) is 4.33. The monoisotopic (exact) mass is 211 g/mol. The third kappa shape index (κ3) is 4.47. The number of hydrogen-bond acceptors (Lipinski definition) is 3. The molecule has 0 aliphatic carbocycles. The van der Waals surface area contributed by atoms with Crippen LogP contribution in [-0.2, 0) is 9.47 Å². The van der Waals surface area contributed by atoms with Gasteiger partial charge in [-0.25, -0.2) is 0 Å². The number of hydrogen-bond donors (Lipinski definition) is 0. The highest BCUT2D eigenvalue weighted by Crippen LogP contribution is 2.11. The second kappa shape index (κ2) is 5.31. The third-order valence-electron chi connectivity index (χ3n) is 2.16. The summed E-state index contributed by atoms with van der Waals surface area (Å²) in [5.74, 6) is 2.21. The van der Waals surface area contributed by atoms with Crippen molar-refractivity contribution in [2.45, 2.75) is 26.4 Å². The molecule has 4 heteroatoms. The fourth-order valence-corrected chi connectivity index (χ4v) is 1.31. The van der Waals surface area contributed by atoms with Gasteiger partial charge in [0, 0.05) is 19.0 Å². The standard InChI is InChI=1S/C11H19N2O2/c1-11(2,3)15-9-10(8-12)13-4-6-14-7-5-13/h4-7,9H2,1-3H3. The molecule has 0 aromatic heterocycles. The molecule has 4 nitrogen and oxygen atoms in total. The summed E-state index contributed by atoms with van der Waals surface area (Å²) in [6.45, 7) is 9.32. The average Bonchev–Trinajstić information content (AvgIpc) is 2.19. The van der Waals surface area contributed by atoms with E-state index < -0.39 is 0 Å². The summed E-state index contributed by atoms with van der Waals surface area (Å²) in [6.07, 6.45) is 0. The summed E-state index contributed by atoms with van der Waals surface area (Å²) in [4.78, 5) is 2.04. The molecule has 15 heavy (non-hydrogen) atoms. The predicted molar refractivity (Wildman–Crippen MR) is 58.8 cm³/mol. The highest BCUT2D eigenvalue weighted by Gasteiger charge is 2.17. The van der Waals surface area contributed by atoms with Crippen molar-refractivity contribution in [2.75, 3.05) is 32.9 Å². The van der Waals surface area contributed by atoms with Crippen LogP contribution in [-0.4, -0.2) is 49.3 Å². The van der Waals surface area contributed by atoms with Gasteiger partial charge < -0.3 is 14.4 Å². The normalized spacial score (nSPS) is 17.4. The molecule has 0 unspecified atom stereocenters. The fourth-order valence-electron chi connectivity index (χ4n) is 1.31. The number of morpholine rings is 1. The Morgan fingerprint density at radius 2 is 2.00 bits per heavy atom. The van der Waals surface area contributed by atoms with E-state index in [1.54, 1.807) is 0 Å². The van der Waals surface area contributed by atoms with Crippen molar-refractivity contribution < 1.29 is 9.47 Å². The van der Waals surface area contributed by atoms with Gasteiger partial charge in [0.15, 0.2) is 0 Å². The lowest BCUT2D eigenvalue weighted by Crippen LogP contribution is -2.38. The summed E-state index contributed by atoms with van der Waals surface area (Å²) in [5.41, 5.74) is 0.502. The second-order valence-corrected chi connectivity index (χ2v) is 4.56. The maximum absolute atomic E-state index is 9.03. The van der Waals surface area contributed by atoms with Crippen molar-refractivity contribution in [3.8, 4) is 0 Å². The molecule has 0 amide bonds. The van der Waals surface area contributed by atoms with Gasteiger partial charge in [-0.15, -0.1) is 0 Å². The van der Waals surface area contributed by atoms with Crippen LogP contribution in [0.4, 0.5) is 0 Å². The molecule has 1 aliphatic heterocycles. The highest BCUT2D eigenvalue weighted by atomic mass is 16.5. The van der Waals surface area contributed by atoms with E-state index in [2.05, 4.69) is 5.87 Å². The SMILES string of the molecule is CC(C)(C)OCC(=C=[N])N1CCOCC1. The van der Waals surface area contributed by atoms with Gasteiger partial charge in [0.05, 0.1) is 25.4 Å². The molecule has 1 aliphatic rings. The van der Waals surface area contributed by atoms with E-state index in [4.69, 9.17) is 14.9 Å². The molecular weight excluding hydrogens is 192 g/mol. The molecule has 1 rings (SSSR count). The van der Waals surface area contributed by atoms with E-state index in [1.165, 1.54) is 0 Å². The molecule has 85 valence electrons. The van der Waals surface area contributed by atoms with E-state index in [-0.39, 0.29) is 5.60 Å². The van der Waals surface area contributed by atoms with Crippen LogP contribution in [0.15, 0.2) is 5.70 Å². The van der Waals surface area contributed by atoms with Crippen LogP contribution < -0.4 is 5.41 Å². The molecule has 0 saturated carbocycles. The Balaban J connectivity index is 2.45. The molecule has 1 saturated heterocycles. The zero-order chi connectivity index (χ0) is 11.3. The van der Waals surface area contributed by atoms with Gasteiger partial charge in [0.25, 0.3) is 0 Å². The average molecular weight is 211 g/mol. The zero-order valence-corrected chi connectivity index (χ0v) is 9.75. The van der Waals surface area contributed by atoms with Crippen LogP contribution in [0, 0.1) is 0 Å². The topological polar surface area (TPSA) is 44.0 Å². The molecule has 0 N–H and O–H groups in total. The van der Waals surface area contributed by atoms with Gasteiger partial charge >= 0.3 is 0 Å². The Labute approximate surface area is 91.4 Å². The first-order valence-corrected chi connectivity index (χ1v) is 5.25. The smallest absolute Gasteiger partial charge is 0.104 e. The minimum Gasteiger partial charge on any atom is -0.378 e. The van der Waals surface area contributed by atoms with Crippen molar-refractivity contribution in [3.05, 3.63) is 5.70 Å². The van der Waals surface area contributed by atoms with Crippen LogP contribution in [0.25, 0.3) is 0 Å². The predicted octanol–water partition coefficient (Wildman–Crippen LogP) is 0.487. The Morgan fingerprint density at radius 1 is 1.40 bits per heavy atom. The highest BCUT2D eigenvalue weighted by molar-refractivity contribution is 5.54. The summed E-state index contributed by atoms with van der Waals surface area (Å²) >= 11 is 0. The van der Waals surface area contributed by atoms with Crippen molar-refractivity contribution >= 4 is 5.87 Å². The largest absolute Gasteiger partial charge is 0.378 e. The molecule has 1 fully saturated rings. The van der Waals surface area contributed by atoms with E-state index >= 15 is 0 Å². The Bertz CT molecular complexity index is 246. The molecule has 0 aromatic carbocycles. The second-order valence-electron chi connectivity index (χ2n) is 4.56. The summed E-state index contributed by atoms with van der Waals surface area (Å²) in [5, 5.41) is 9.03. The minimum absolute atomic E-state index is 0.200.